The van der Waals surface area contributed by atoms with E-state index in [2.05, 4.69) is 29.0 Å². The predicted octanol–water partition coefficient (Wildman–Crippen LogP) is 4.32. The van der Waals surface area contributed by atoms with Crippen LogP contribution < -0.4 is 5.32 Å². The van der Waals surface area contributed by atoms with Gasteiger partial charge in [-0.3, -0.25) is 9.59 Å². The summed E-state index contributed by atoms with van der Waals surface area (Å²) >= 11 is 0. The lowest BCUT2D eigenvalue weighted by atomic mass is 10.0. The fraction of sp³-hybridized carbons (Fsp3) is 0.440. The van der Waals surface area contributed by atoms with Crippen molar-refractivity contribution in [1.82, 2.24) is 14.8 Å². The number of likely N-dealkylation sites (N-methyl/N-ethyl adjacent to an activating group) is 2. The van der Waals surface area contributed by atoms with Gasteiger partial charge in [-0.1, -0.05) is 20.8 Å². The average Bonchev–Trinajstić information content (AvgIpc) is 3.27. The van der Waals surface area contributed by atoms with Gasteiger partial charge in [-0.25, -0.2) is 4.39 Å². The van der Waals surface area contributed by atoms with Gasteiger partial charge in [0.05, 0.1) is 11.1 Å². The molecule has 0 saturated heterocycles. The van der Waals surface area contributed by atoms with Gasteiger partial charge in [0, 0.05) is 42.3 Å². The predicted molar refractivity (Wildman–Crippen MR) is 127 cm³/mol. The van der Waals surface area contributed by atoms with Gasteiger partial charge in [-0.2, -0.15) is 0 Å². The summed E-state index contributed by atoms with van der Waals surface area (Å²) in [5, 5.41) is 2.77. The number of aryl methyl sites for hydroxylation is 1. The Balaban J connectivity index is 1.95. The van der Waals surface area contributed by atoms with E-state index in [1.165, 1.54) is 12.1 Å². The summed E-state index contributed by atoms with van der Waals surface area (Å²) in [5.74, 6) is -0.677. The maximum Gasteiger partial charge on any atom is 0.256 e. The van der Waals surface area contributed by atoms with E-state index < -0.39 is 5.82 Å². The molecule has 2 N–H and O–H groups in total. The number of hydrogen-bond acceptors (Lipinski definition) is 3. The molecule has 0 unspecified atom stereocenters. The van der Waals surface area contributed by atoms with Crippen LogP contribution >= 0.6 is 0 Å². The Morgan fingerprint density at radius 1 is 1.09 bits per heavy atom. The van der Waals surface area contributed by atoms with E-state index in [1.54, 1.807) is 12.1 Å². The second kappa shape index (κ2) is 10.1. The number of carbonyl (C=O) groups excluding carboxylic acids is 2. The number of nitrogens with zero attached hydrogens (tertiary/aromatic N) is 2. The van der Waals surface area contributed by atoms with Gasteiger partial charge in [-0.05, 0) is 63.2 Å². The van der Waals surface area contributed by atoms with Crippen molar-refractivity contribution in [3.63, 3.8) is 0 Å². The Bertz CT molecular complexity index is 1040. The first kappa shape index (κ1) is 23.7. The highest BCUT2D eigenvalue weighted by Gasteiger charge is 2.27. The number of fused-ring (bicyclic) bond motifs is 1. The number of rotatable bonds is 9. The van der Waals surface area contributed by atoms with Crippen LogP contribution in [0.3, 0.4) is 0 Å². The zero-order valence-electron chi connectivity index (χ0n) is 19.6. The molecule has 0 saturated carbocycles. The molecule has 6 nitrogen and oxygen atoms in total. The first-order valence-corrected chi connectivity index (χ1v) is 11.4. The number of benzene rings is 1. The number of hydrogen-bond donors (Lipinski definition) is 2. The van der Waals surface area contributed by atoms with Gasteiger partial charge >= 0.3 is 0 Å². The van der Waals surface area contributed by atoms with Crippen LogP contribution in [0.25, 0.3) is 11.6 Å². The number of anilines is 1. The molecule has 0 radical (unpaired) electrons. The van der Waals surface area contributed by atoms with Crippen molar-refractivity contribution in [1.29, 1.82) is 0 Å². The monoisotopic (exact) mass is 440 g/mol. The summed E-state index contributed by atoms with van der Waals surface area (Å²) in [6.45, 7) is 14.1. The van der Waals surface area contributed by atoms with Crippen molar-refractivity contribution in [2.75, 3.05) is 38.0 Å². The van der Waals surface area contributed by atoms with E-state index in [1.807, 2.05) is 25.7 Å². The molecule has 172 valence electrons. The SMILES string of the molecule is CCc1[nH]c(/C=C2\C(=O)Nc3ccc(F)cc32)c(C)c1C(=O)N(CC)CCN(CC)CC. The average molecular weight is 441 g/mol. The number of carbonyl (C=O) groups is 2. The summed E-state index contributed by atoms with van der Waals surface area (Å²) in [4.78, 5) is 33.5. The van der Waals surface area contributed by atoms with Crippen molar-refractivity contribution >= 4 is 29.2 Å². The highest BCUT2D eigenvalue weighted by Crippen LogP contribution is 2.34. The summed E-state index contributed by atoms with van der Waals surface area (Å²) in [6.07, 6.45) is 2.38. The van der Waals surface area contributed by atoms with Crippen LogP contribution in [0.5, 0.6) is 0 Å². The maximum absolute atomic E-state index is 13.8. The molecule has 2 aromatic rings. The van der Waals surface area contributed by atoms with Crippen LogP contribution in [0.1, 0.15) is 60.6 Å². The molecular weight excluding hydrogens is 407 g/mol. The van der Waals surface area contributed by atoms with Gasteiger partial charge in [-0.15, -0.1) is 0 Å². The van der Waals surface area contributed by atoms with Crippen LogP contribution in [0, 0.1) is 12.7 Å². The number of halogens is 1. The Morgan fingerprint density at radius 3 is 2.44 bits per heavy atom. The fourth-order valence-electron chi connectivity index (χ4n) is 4.19. The van der Waals surface area contributed by atoms with E-state index in [0.717, 1.165) is 30.9 Å². The minimum absolute atomic E-state index is 0.00257. The Hall–Kier alpha value is -2.93. The normalized spacial score (nSPS) is 14.2. The smallest absolute Gasteiger partial charge is 0.256 e. The molecule has 0 atom stereocenters. The minimum atomic E-state index is -0.397. The largest absolute Gasteiger partial charge is 0.358 e. The molecule has 0 aliphatic carbocycles. The maximum atomic E-state index is 13.8. The topological polar surface area (TPSA) is 68.4 Å². The van der Waals surface area contributed by atoms with Gasteiger partial charge < -0.3 is 20.1 Å². The number of H-pyrrole nitrogens is 1. The summed E-state index contributed by atoms with van der Waals surface area (Å²) in [7, 11) is 0. The zero-order valence-corrected chi connectivity index (χ0v) is 19.6. The summed E-state index contributed by atoms with van der Waals surface area (Å²) in [5.41, 5.74) is 4.53. The first-order valence-electron chi connectivity index (χ1n) is 11.4. The molecule has 1 aliphatic rings. The van der Waals surface area contributed by atoms with Crippen LogP contribution in [-0.2, 0) is 11.2 Å². The number of aromatic amines is 1. The minimum Gasteiger partial charge on any atom is -0.358 e. The van der Waals surface area contributed by atoms with Crippen molar-refractivity contribution in [2.45, 2.75) is 41.0 Å². The van der Waals surface area contributed by atoms with Crippen LogP contribution in [0.4, 0.5) is 10.1 Å². The Labute approximate surface area is 189 Å². The van der Waals surface area contributed by atoms with E-state index in [4.69, 9.17) is 0 Å². The second-order valence-corrected chi connectivity index (χ2v) is 7.98. The van der Waals surface area contributed by atoms with Gasteiger partial charge in [0.2, 0.25) is 0 Å². The van der Waals surface area contributed by atoms with Crippen LogP contribution in [0.15, 0.2) is 18.2 Å². The molecule has 0 spiro atoms. The lowest BCUT2D eigenvalue weighted by Crippen LogP contribution is -2.39. The Morgan fingerprint density at radius 2 is 1.81 bits per heavy atom. The van der Waals surface area contributed by atoms with Crippen LogP contribution in [0.2, 0.25) is 0 Å². The molecule has 3 rings (SSSR count). The number of amides is 2. The third kappa shape index (κ3) is 4.63. The fourth-order valence-corrected chi connectivity index (χ4v) is 4.19. The van der Waals surface area contributed by atoms with Crippen molar-refractivity contribution in [3.8, 4) is 0 Å². The highest BCUT2D eigenvalue weighted by atomic mass is 19.1. The molecule has 2 heterocycles. The van der Waals surface area contributed by atoms with Crippen molar-refractivity contribution < 1.29 is 14.0 Å². The summed E-state index contributed by atoms with van der Waals surface area (Å²) in [6, 6.07) is 4.24. The summed E-state index contributed by atoms with van der Waals surface area (Å²) < 4.78 is 13.8. The van der Waals surface area contributed by atoms with E-state index >= 15 is 0 Å². The molecule has 2 amide bonds. The molecule has 1 aromatic carbocycles. The lowest BCUT2D eigenvalue weighted by Gasteiger charge is -2.26. The third-order valence-electron chi connectivity index (χ3n) is 6.24. The molecule has 0 bridgehead atoms. The second-order valence-electron chi connectivity index (χ2n) is 7.98. The molecule has 1 aromatic heterocycles. The lowest BCUT2D eigenvalue weighted by molar-refractivity contribution is -0.110. The Kier molecular flexibility index (Phi) is 7.51. The number of nitrogens with one attached hydrogen (secondary N) is 2. The van der Waals surface area contributed by atoms with E-state index in [9.17, 15) is 14.0 Å². The standard InChI is InChI=1S/C25H33FN4O2/c1-6-20-23(25(32)30(9-4)13-12-29(7-2)8-3)16(5)22(27-20)15-19-18-14-17(26)10-11-21(18)28-24(19)31/h10-11,14-15,27H,6-9,12-13H2,1-5H3,(H,28,31)/b19-15-. The first-order chi connectivity index (χ1) is 15.3. The van der Waals surface area contributed by atoms with Gasteiger partial charge in [0.25, 0.3) is 11.8 Å². The molecule has 0 fully saturated rings. The van der Waals surface area contributed by atoms with E-state index in [-0.39, 0.29) is 11.8 Å². The molecular formula is C25H33FN4O2. The van der Waals surface area contributed by atoms with E-state index in [0.29, 0.717) is 47.6 Å². The molecule has 7 heteroatoms. The van der Waals surface area contributed by atoms with Crippen molar-refractivity contribution in [3.05, 3.63) is 52.1 Å². The van der Waals surface area contributed by atoms with Gasteiger partial charge in [0.15, 0.2) is 0 Å². The highest BCUT2D eigenvalue weighted by molar-refractivity contribution is 6.34. The molecule has 1 aliphatic heterocycles. The molecule has 32 heavy (non-hydrogen) atoms. The van der Waals surface area contributed by atoms with Gasteiger partial charge in [0.1, 0.15) is 5.82 Å². The quantitative estimate of drug-likeness (QED) is 0.571. The van der Waals surface area contributed by atoms with Crippen molar-refractivity contribution in [2.24, 2.45) is 0 Å². The van der Waals surface area contributed by atoms with Crippen LogP contribution in [-0.4, -0.2) is 59.3 Å². The number of aromatic nitrogens is 1. The third-order valence-corrected chi connectivity index (χ3v) is 6.24. The zero-order chi connectivity index (χ0) is 23.4.